The Bertz CT molecular complexity index is 966. The van der Waals surface area contributed by atoms with Crippen molar-refractivity contribution < 1.29 is 33.0 Å². The highest BCUT2D eigenvalue weighted by Gasteiger charge is 2.56. The van der Waals surface area contributed by atoms with E-state index in [1.807, 2.05) is 0 Å². The normalized spacial score (nSPS) is 16.2. The third-order valence-electron chi connectivity index (χ3n) is 4.89. The average Bonchev–Trinajstić information content (AvgIpc) is 3.00. The number of carbonyl (C=O) groups excluding carboxylic acids is 1. The zero-order valence-corrected chi connectivity index (χ0v) is 17.1. The minimum absolute atomic E-state index is 0.0376. The highest BCUT2D eigenvalue weighted by Crippen LogP contribution is 2.45. The van der Waals surface area contributed by atoms with Gasteiger partial charge in [-0.3, -0.25) is 4.79 Å². The molecule has 0 aliphatic heterocycles. The van der Waals surface area contributed by atoms with E-state index in [2.05, 4.69) is 0 Å². The Labute approximate surface area is 177 Å². The molecule has 0 saturated carbocycles. The van der Waals surface area contributed by atoms with Gasteiger partial charge < -0.3 is 10.2 Å². The summed E-state index contributed by atoms with van der Waals surface area (Å²) in [5.74, 6) is -2.20. The van der Waals surface area contributed by atoms with Crippen LogP contribution in [0.4, 0.5) is 13.2 Å². The minimum Gasteiger partial charge on any atom is -0.477 e. The zero-order chi connectivity index (χ0) is 21.6. The fourth-order valence-corrected chi connectivity index (χ4v) is 5.20. The summed E-state index contributed by atoms with van der Waals surface area (Å²) in [5, 5.41) is 19.7. The molecule has 0 amide bonds. The maximum absolute atomic E-state index is 13.8. The van der Waals surface area contributed by atoms with Gasteiger partial charge in [-0.2, -0.15) is 13.2 Å². The first kappa shape index (κ1) is 22.1. The van der Waals surface area contributed by atoms with Crippen molar-refractivity contribution in [2.45, 2.75) is 43.9 Å². The molecule has 4 nitrogen and oxygen atoms in total. The zero-order valence-electron chi connectivity index (χ0n) is 14.8. The van der Waals surface area contributed by atoms with Crippen LogP contribution in [-0.4, -0.2) is 28.1 Å². The predicted octanol–water partition coefficient (Wildman–Crippen LogP) is 5.65. The topological polar surface area (TPSA) is 74.6 Å². The number of halogens is 5. The summed E-state index contributed by atoms with van der Waals surface area (Å²) in [6.07, 6.45) is -4.19. The first-order chi connectivity index (χ1) is 13.4. The van der Waals surface area contributed by atoms with Crippen LogP contribution in [0.5, 0.6) is 0 Å². The second-order valence-electron chi connectivity index (χ2n) is 6.85. The van der Waals surface area contributed by atoms with Crippen molar-refractivity contribution in [3.8, 4) is 0 Å². The number of alkyl halides is 3. The maximum atomic E-state index is 13.8. The highest BCUT2D eigenvalue weighted by molar-refractivity contribution is 7.16. The maximum Gasteiger partial charge on any atom is 0.421 e. The van der Waals surface area contributed by atoms with Crippen LogP contribution < -0.4 is 0 Å². The lowest BCUT2D eigenvalue weighted by Gasteiger charge is -2.30. The standard InChI is InChI=1S/C19H15Cl2F3O4S/c20-10-5-9(6-11(21)7-10)18(28,19(22,23)24)8-14(25)15-12-3-1-2-4-13(12)16(29-15)17(26)27/h5-7,28H,1-4,8H2,(H,26,27). The van der Waals surface area contributed by atoms with Crippen molar-refractivity contribution in [1.29, 1.82) is 0 Å². The van der Waals surface area contributed by atoms with Gasteiger partial charge in [-0.05, 0) is 60.6 Å². The van der Waals surface area contributed by atoms with Crippen LogP contribution >= 0.6 is 34.5 Å². The summed E-state index contributed by atoms with van der Waals surface area (Å²) in [4.78, 5) is 24.3. The van der Waals surface area contributed by atoms with Crippen molar-refractivity contribution in [2.24, 2.45) is 0 Å². The summed E-state index contributed by atoms with van der Waals surface area (Å²) >= 11 is 12.2. The molecule has 2 aromatic rings. The van der Waals surface area contributed by atoms with E-state index < -0.39 is 35.5 Å². The minimum atomic E-state index is -5.19. The van der Waals surface area contributed by atoms with Crippen LogP contribution in [0, 0.1) is 0 Å². The van der Waals surface area contributed by atoms with Gasteiger partial charge >= 0.3 is 12.1 Å². The Morgan fingerprint density at radius 2 is 1.52 bits per heavy atom. The van der Waals surface area contributed by atoms with Crippen LogP contribution in [0.3, 0.4) is 0 Å². The van der Waals surface area contributed by atoms with Gasteiger partial charge in [0.05, 0.1) is 11.3 Å². The molecule has 0 radical (unpaired) electrons. The molecule has 1 heterocycles. The van der Waals surface area contributed by atoms with Crippen molar-refractivity contribution in [1.82, 2.24) is 0 Å². The number of rotatable bonds is 5. The number of benzene rings is 1. The van der Waals surface area contributed by atoms with E-state index in [4.69, 9.17) is 23.2 Å². The largest absolute Gasteiger partial charge is 0.477 e. The average molecular weight is 467 g/mol. The fraction of sp³-hybridized carbons (Fsp3) is 0.368. The Hall–Kier alpha value is -1.61. The van der Waals surface area contributed by atoms with Crippen LogP contribution in [-0.2, 0) is 18.4 Å². The van der Waals surface area contributed by atoms with E-state index in [0.29, 0.717) is 41.7 Å². The molecule has 0 spiro atoms. The van der Waals surface area contributed by atoms with Crippen LogP contribution in [0.1, 0.15) is 55.3 Å². The van der Waals surface area contributed by atoms with E-state index in [1.165, 1.54) is 6.07 Å². The quantitative estimate of drug-likeness (QED) is 0.557. The Morgan fingerprint density at radius 3 is 2.00 bits per heavy atom. The van der Waals surface area contributed by atoms with Crippen molar-refractivity contribution in [2.75, 3.05) is 0 Å². The molecule has 10 heteroatoms. The second-order valence-corrected chi connectivity index (χ2v) is 8.74. The summed E-state index contributed by atoms with van der Waals surface area (Å²) in [7, 11) is 0. The Morgan fingerprint density at radius 1 is 1.00 bits per heavy atom. The summed E-state index contributed by atoms with van der Waals surface area (Å²) in [5.41, 5.74) is -3.21. The van der Waals surface area contributed by atoms with Crippen LogP contribution in [0.25, 0.3) is 0 Å². The smallest absolute Gasteiger partial charge is 0.421 e. The van der Waals surface area contributed by atoms with E-state index in [0.717, 1.165) is 18.6 Å². The molecule has 29 heavy (non-hydrogen) atoms. The molecule has 0 fully saturated rings. The van der Waals surface area contributed by atoms with Gasteiger partial charge in [0.1, 0.15) is 4.88 Å². The van der Waals surface area contributed by atoms with Gasteiger partial charge in [0.15, 0.2) is 11.4 Å². The van der Waals surface area contributed by atoms with E-state index in [9.17, 15) is 33.0 Å². The summed E-state index contributed by atoms with van der Waals surface area (Å²) < 4.78 is 41.5. The number of aromatic carboxylic acids is 1. The number of carboxylic acids is 1. The molecule has 1 aliphatic rings. The number of fused-ring (bicyclic) bond motifs is 1. The molecule has 1 unspecified atom stereocenters. The monoisotopic (exact) mass is 466 g/mol. The summed E-state index contributed by atoms with van der Waals surface area (Å²) in [6, 6.07) is 3.02. The molecule has 1 aromatic carbocycles. The number of carbonyl (C=O) groups is 2. The van der Waals surface area contributed by atoms with Crippen LogP contribution in [0.15, 0.2) is 18.2 Å². The lowest BCUT2D eigenvalue weighted by molar-refractivity contribution is -0.264. The number of thiophene rings is 1. The van der Waals surface area contributed by atoms with Crippen molar-refractivity contribution >= 4 is 46.3 Å². The van der Waals surface area contributed by atoms with Crippen molar-refractivity contribution in [3.05, 3.63) is 54.7 Å². The van der Waals surface area contributed by atoms with E-state index >= 15 is 0 Å². The third-order valence-corrected chi connectivity index (χ3v) is 6.63. The van der Waals surface area contributed by atoms with Gasteiger partial charge in [0.25, 0.3) is 0 Å². The van der Waals surface area contributed by atoms with Gasteiger partial charge in [0.2, 0.25) is 0 Å². The lowest BCUT2D eigenvalue weighted by Crippen LogP contribution is -2.44. The first-order valence-electron chi connectivity index (χ1n) is 8.60. The predicted molar refractivity (Wildman–Crippen MR) is 103 cm³/mol. The number of hydrogen-bond donors (Lipinski definition) is 2. The number of carboxylic acid groups (broad SMARTS) is 1. The molecule has 2 N–H and O–H groups in total. The van der Waals surface area contributed by atoms with Crippen LogP contribution in [0.2, 0.25) is 10.0 Å². The van der Waals surface area contributed by atoms with E-state index in [1.54, 1.807) is 0 Å². The molecule has 3 rings (SSSR count). The Kier molecular flexibility index (Phi) is 6.02. The SMILES string of the molecule is O=C(O)c1sc(C(=O)CC(O)(c2cc(Cl)cc(Cl)c2)C(F)(F)F)c2c1CCCC2. The fourth-order valence-electron chi connectivity index (χ4n) is 3.50. The second kappa shape index (κ2) is 7.91. The molecular formula is C19H15Cl2F3O4S. The molecule has 156 valence electrons. The number of hydrogen-bond acceptors (Lipinski definition) is 4. The third kappa shape index (κ3) is 4.17. The summed E-state index contributed by atoms with van der Waals surface area (Å²) in [6.45, 7) is 0. The molecule has 0 bridgehead atoms. The Balaban J connectivity index is 2.06. The van der Waals surface area contributed by atoms with Gasteiger partial charge in [-0.25, -0.2) is 4.79 Å². The van der Waals surface area contributed by atoms with Gasteiger partial charge in [-0.15, -0.1) is 11.3 Å². The number of Topliss-reactive ketones (excluding diaryl/α,β-unsaturated/α-hetero) is 1. The number of aliphatic hydroxyl groups is 1. The molecule has 1 atom stereocenters. The highest BCUT2D eigenvalue weighted by atomic mass is 35.5. The van der Waals surface area contributed by atoms with Crippen molar-refractivity contribution in [3.63, 3.8) is 0 Å². The molecular weight excluding hydrogens is 452 g/mol. The molecule has 0 saturated heterocycles. The first-order valence-corrected chi connectivity index (χ1v) is 10.2. The molecule has 1 aromatic heterocycles. The molecule has 1 aliphatic carbocycles. The number of ketones is 1. The van der Waals surface area contributed by atoms with E-state index in [-0.39, 0.29) is 19.8 Å². The lowest BCUT2D eigenvalue weighted by atomic mass is 9.85. The van der Waals surface area contributed by atoms with Gasteiger partial charge in [0, 0.05) is 10.0 Å². The van der Waals surface area contributed by atoms with Gasteiger partial charge in [-0.1, -0.05) is 23.2 Å².